The molecule has 1 saturated carbocycles. The fraction of sp³-hybridized carbons (Fsp3) is 0.786. The van der Waals surface area contributed by atoms with E-state index in [9.17, 15) is 8.42 Å². The van der Waals surface area contributed by atoms with Crippen LogP contribution in [-0.4, -0.2) is 42.6 Å². The number of hydrogen-bond acceptors (Lipinski definition) is 4. The average molecular weight is 314 g/mol. The van der Waals surface area contributed by atoms with Gasteiger partial charge in [-0.1, -0.05) is 6.92 Å². The summed E-state index contributed by atoms with van der Waals surface area (Å²) in [6, 6.07) is 0.0424. The fourth-order valence-corrected chi connectivity index (χ4v) is 4.30. The van der Waals surface area contributed by atoms with E-state index in [4.69, 9.17) is 0 Å². The number of hydrogen-bond donors (Lipinski definition) is 2. The Bertz CT molecular complexity index is 578. The molecule has 1 unspecified atom stereocenters. The van der Waals surface area contributed by atoms with Gasteiger partial charge in [0.15, 0.2) is 0 Å². The monoisotopic (exact) mass is 314 g/mol. The maximum absolute atomic E-state index is 12.9. The van der Waals surface area contributed by atoms with E-state index in [2.05, 4.69) is 22.4 Å². The van der Waals surface area contributed by atoms with E-state index >= 15 is 0 Å². The van der Waals surface area contributed by atoms with Gasteiger partial charge in [0.05, 0.1) is 11.4 Å². The lowest BCUT2D eigenvalue weighted by Gasteiger charge is -2.24. The Kier molecular flexibility index (Phi) is 5.06. The van der Waals surface area contributed by atoms with Gasteiger partial charge in [-0.15, -0.1) is 0 Å². The summed E-state index contributed by atoms with van der Waals surface area (Å²) in [5, 5.41) is 10.2. The zero-order valence-electron chi connectivity index (χ0n) is 13.3. The smallest absolute Gasteiger partial charge is 0.246 e. The van der Waals surface area contributed by atoms with Gasteiger partial charge < -0.3 is 5.32 Å². The summed E-state index contributed by atoms with van der Waals surface area (Å²) in [6.45, 7) is 7.14. The van der Waals surface area contributed by atoms with Gasteiger partial charge in [-0.25, -0.2) is 8.42 Å². The third kappa shape index (κ3) is 3.46. The number of aromatic nitrogens is 2. The van der Waals surface area contributed by atoms with Gasteiger partial charge in [0.2, 0.25) is 10.0 Å². The highest BCUT2D eigenvalue weighted by molar-refractivity contribution is 7.89. The number of nitrogens with one attached hydrogen (secondary N) is 2. The lowest BCUT2D eigenvalue weighted by atomic mass is 10.2. The molecule has 2 N–H and O–H groups in total. The van der Waals surface area contributed by atoms with Crippen LogP contribution in [0.25, 0.3) is 0 Å². The van der Waals surface area contributed by atoms with Gasteiger partial charge in [-0.3, -0.25) is 5.10 Å². The third-order valence-corrected chi connectivity index (χ3v) is 6.34. The van der Waals surface area contributed by atoms with Crippen LogP contribution < -0.4 is 5.32 Å². The maximum atomic E-state index is 12.9. The molecule has 7 heteroatoms. The summed E-state index contributed by atoms with van der Waals surface area (Å²) < 4.78 is 27.3. The van der Waals surface area contributed by atoms with Crippen LogP contribution >= 0.6 is 0 Å². The molecule has 1 aromatic heterocycles. The number of aromatic amines is 1. The van der Waals surface area contributed by atoms with Crippen molar-refractivity contribution in [2.45, 2.75) is 57.5 Å². The highest BCUT2D eigenvalue weighted by Crippen LogP contribution is 2.36. The van der Waals surface area contributed by atoms with Crippen LogP contribution in [0.5, 0.6) is 0 Å². The van der Waals surface area contributed by atoms with Crippen molar-refractivity contribution in [2.24, 2.45) is 5.92 Å². The van der Waals surface area contributed by atoms with Crippen molar-refractivity contribution in [3.8, 4) is 0 Å². The van der Waals surface area contributed by atoms with E-state index in [1.165, 1.54) is 4.31 Å². The van der Waals surface area contributed by atoms with Crippen molar-refractivity contribution in [3.63, 3.8) is 0 Å². The van der Waals surface area contributed by atoms with Gasteiger partial charge >= 0.3 is 0 Å². The number of rotatable bonds is 8. The summed E-state index contributed by atoms with van der Waals surface area (Å²) >= 11 is 0. The predicted molar refractivity (Wildman–Crippen MR) is 82.5 cm³/mol. The first-order valence-corrected chi connectivity index (χ1v) is 9.06. The van der Waals surface area contributed by atoms with Crippen LogP contribution in [0.3, 0.4) is 0 Å². The number of nitrogens with zero attached hydrogens (tertiary/aromatic N) is 2. The number of aryl methyl sites for hydroxylation is 1. The van der Waals surface area contributed by atoms with Crippen LogP contribution in [0.2, 0.25) is 0 Å². The largest absolute Gasteiger partial charge is 0.311 e. The molecule has 0 aromatic carbocycles. The first-order chi connectivity index (χ1) is 9.89. The highest BCUT2D eigenvalue weighted by Gasteiger charge is 2.38. The normalized spacial score (nSPS) is 17.4. The Hall–Kier alpha value is -0.920. The molecule has 21 heavy (non-hydrogen) atoms. The van der Waals surface area contributed by atoms with E-state index in [1.54, 1.807) is 14.0 Å². The molecule has 0 bridgehead atoms. The number of H-pyrrole nitrogens is 1. The van der Waals surface area contributed by atoms with Gasteiger partial charge in [0, 0.05) is 19.6 Å². The van der Waals surface area contributed by atoms with E-state index in [1.807, 2.05) is 6.92 Å². The average Bonchev–Trinajstić information content (AvgIpc) is 3.21. The predicted octanol–water partition coefficient (Wildman–Crippen LogP) is 1.64. The SMILES string of the molecule is CCCNCc1n[nH]c(C)c1S(=O)(=O)N(C)C(C)C1CC1. The summed E-state index contributed by atoms with van der Waals surface area (Å²) in [7, 11) is -1.82. The Morgan fingerprint density at radius 3 is 2.71 bits per heavy atom. The zero-order valence-corrected chi connectivity index (χ0v) is 14.1. The van der Waals surface area contributed by atoms with E-state index in [-0.39, 0.29) is 6.04 Å². The summed E-state index contributed by atoms with van der Waals surface area (Å²) in [6.07, 6.45) is 3.25. The molecular formula is C14H26N4O2S. The lowest BCUT2D eigenvalue weighted by molar-refractivity contribution is 0.356. The lowest BCUT2D eigenvalue weighted by Crippen LogP contribution is -2.37. The van der Waals surface area contributed by atoms with Crippen molar-refractivity contribution in [2.75, 3.05) is 13.6 Å². The topological polar surface area (TPSA) is 78.1 Å². The Morgan fingerprint density at radius 2 is 2.14 bits per heavy atom. The number of sulfonamides is 1. The fourth-order valence-electron chi connectivity index (χ4n) is 2.55. The zero-order chi connectivity index (χ0) is 15.6. The molecule has 1 aromatic rings. The van der Waals surface area contributed by atoms with E-state index < -0.39 is 10.0 Å². The van der Waals surface area contributed by atoms with Crippen molar-refractivity contribution >= 4 is 10.0 Å². The van der Waals surface area contributed by atoms with Gasteiger partial charge in [0.1, 0.15) is 4.90 Å². The van der Waals surface area contributed by atoms with Crippen molar-refractivity contribution in [3.05, 3.63) is 11.4 Å². The Morgan fingerprint density at radius 1 is 1.48 bits per heavy atom. The first kappa shape index (κ1) is 16.5. The van der Waals surface area contributed by atoms with Crippen molar-refractivity contribution in [1.82, 2.24) is 19.8 Å². The van der Waals surface area contributed by atoms with Crippen molar-refractivity contribution < 1.29 is 8.42 Å². The molecular weight excluding hydrogens is 288 g/mol. The molecule has 1 fully saturated rings. The van der Waals surface area contributed by atoms with Gasteiger partial charge in [0.25, 0.3) is 0 Å². The van der Waals surface area contributed by atoms with Crippen LogP contribution in [0.1, 0.15) is 44.5 Å². The highest BCUT2D eigenvalue weighted by atomic mass is 32.2. The molecule has 0 aliphatic heterocycles. The minimum atomic E-state index is -3.50. The minimum Gasteiger partial charge on any atom is -0.311 e. The van der Waals surface area contributed by atoms with E-state index in [0.29, 0.717) is 28.7 Å². The quantitative estimate of drug-likeness (QED) is 0.715. The van der Waals surface area contributed by atoms with Crippen LogP contribution in [-0.2, 0) is 16.6 Å². The Labute approximate surface area is 127 Å². The van der Waals surface area contributed by atoms with Crippen LogP contribution in [0.4, 0.5) is 0 Å². The second kappa shape index (κ2) is 6.46. The summed E-state index contributed by atoms with van der Waals surface area (Å²) in [4.78, 5) is 0.334. The van der Waals surface area contributed by atoms with Gasteiger partial charge in [-0.05, 0) is 45.6 Å². The molecule has 1 atom stereocenters. The standard InChI is InChI=1S/C14H26N4O2S/c1-5-8-15-9-13-14(10(2)16-17-13)21(19,20)18(4)11(3)12-6-7-12/h11-12,15H,5-9H2,1-4H3,(H,16,17). The molecule has 0 amide bonds. The Balaban J connectivity index is 2.24. The van der Waals surface area contributed by atoms with Crippen LogP contribution in [0.15, 0.2) is 4.90 Å². The molecule has 0 spiro atoms. The minimum absolute atomic E-state index is 0.0424. The first-order valence-electron chi connectivity index (χ1n) is 7.62. The molecule has 2 rings (SSSR count). The second-order valence-electron chi connectivity index (χ2n) is 5.90. The molecule has 1 aliphatic rings. The molecule has 0 saturated heterocycles. The van der Waals surface area contributed by atoms with Crippen LogP contribution in [0, 0.1) is 12.8 Å². The molecule has 1 heterocycles. The third-order valence-electron chi connectivity index (χ3n) is 4.20. The molecule has 0 radical (unpaired) electrons. The molecule has 1 aliphatic carbocycles. The van der Waals surface area contributed by atoms with E-state index in [0.717, 1.165) is 25.8 Å². The summed E-state index contributed by atoms with van der Waals surface area (Å²) in [5.41, 5.74) is 1.19. The maximum Gasteiger partial charge on any atom is 0.246 e. The molecule has 120 valence electrons. The van der Waals surface area contributed by atoms with Gasteiger partial charge in [-0.2, -0.15) is 9.40 Å². The van der Waals surface area contributed by atoms with Crippen molar-refractivity contribution in [1.29, 1.82) is 0 Å². The summed E-state index contributed by atoms with van der Waals surface area (Å²) in [5.74, 6) is 0.499. The second-order valence-corrected chi connectivity index (χ2v) is 7.83. The molecule has 6 nitrogen and oxygen atoms in total.